The van der Waals surface area contributed by atoms with Crippen molar-refractivity contribution in [3.63, 3.8) is 0 Å². The topological polar surface area (TPSA) is 67.9 Å². The summed E-state index contributed by atoms with van der Waals surface area (Å²) in [5, 5.41) is 0. The van der Waals surface area contributed by atoms with Crippen LogP contribution in [0.5, 0.6) is 11.5 Å². The van der Waals surface area contributed by atoms with E-state index in [0.717, 1.165) is 49.8 Å². The maximum atomic E-state index is 12.9. The Morgan fingerprint density at radius 2 is 1.68 bits per heavy atom. The van der Waals surface area contributed by atoms with Crippen LogP contribution in [-0.2, 0) is 10.2 Å². The van der Waals surface area contributed by atoms with E-state index in [9.17, 15) is 8.42 Å². The number of rotatable bonds is 5. The zero-order valence-corrected chi connectivity index (χ0v) is 15.3. The van der Waals surface area contributed by atoms with E-state index < -0.39 is 10.2 Å². The number of nitrogens with one attached hydrogen (secondary N) is 1. The van der Waals surface area contributed by atoms with Gasteiger partial charge in [0, 0.05) is 13.1 Å². The molecule has 3 aliphatic rings. The molecule has 1 aromatic carbocycles. The molecule has 0 radical (unpaired) electrons. The highest BCUT2D eigenvalue weighted by molar-refractivity contribution is 7.87. The van der Waals surface area contributed by atoms with Gasteiger partial charge in [0.05, 0.1) is 6.04 Å². The maximum absolute atomic E-state index is 12.9. The van der Waals surface area contributed by atoms with Crippen LogP contribution in [0.15, 0.2) is 18.2 Å². The quantitative estimate of drug-likeness (QED) is 0.870. The fraction of sp³-hybridized carbons (Fsp3) is 0.667. The summed E-state index contributed by atoms with van der Waals surface area (Å²) in [6, 6.07) is 5.59. The van der Waals surface area contributed by atoms with Crippen LogP contribution < -0.4 is 14.2 Å². The zero-order valence-electron chi connectivity index (χ0n) is 14.4. The fourth-order valence-corrected chi connectivity index (χ4v) is 5.17. The largest absolute Gasteiger partial charge is 0.486 e. The molecule has 1 aliphatic carbocycles. The first kappa shape index (κ1) is 17.1. The SMILES string of the molecule is O=S(=O)(N[C@@H](c1ccc2c(c1)OCCO2)C1CC1)N1CCCCCC1. The van der Waals surface area contributed by atoms with Crippen LogP contribution in [0.3, 0.4) is 0 Å². The van der Waals surface area contributed by atoms with Crippen molar-refractivity contribution in [2.24, 2.45) is 5.92 Å². The third-order valence-corrected chi connectivity index (χ3v) is 6.80. The molecule has 2 aliphatic heterocycles. The smallest absolute Gasteiger partial charge is 0.280 e. The van der Waals surface area contributed by atoms with Gasteiger partial charge >= 0.3 is 0 Å². The summed E-state index contributed by atoms with van der Waals surface area (Å²) in [6.45, 7) is 2.33. The molecule has 4 rings (SSSR count). The van der Waals surface area contributed by atoms with E-state index in [-0.39, 0.29) is 6.04 Å². The molecule has 25 heavy (non-hydrogen) atoms. The molecule has 6 nitrogen and oxygen atoms in total. The summed E-state index contributed by atoms with van der Waals surface area (Å²) in [6.07, 6.45) is 6.22. The highest BCUT2D eigenvalue weighted by Gasteiger charge is 2.37. The minimum absolute atomic E-state index is 0.191. The number of ether oxygens (including phenoxy) is 2. The van der Waals surface area contributed by atoms with Crippen LogP contribution in [0.1, 0.15) is 50.1 Å². The van der Waals surface area contributed by atoms with E-state index in [1.165, 1.54) is 0 Å². The minimum Gasteiger partial charge on any atom is -0.486 e. The predicted molar refractivity (Wildman–Crippen MR) is 95.0 cm³/mol. The van der Waals surface area contributed by atoms with Crippen molar-refractivity contribution in [3.8, 4) is 11.5 Å². The van der Waals surface area contributed by atoms with Crippen LogP contribution >= 0.6 is 0 Å². The number of hydrogen-bond acceptors (Lipinski definition) is 4. The summed E-state index contributed by atoms with van der Waals surface area (Å²) >= 11 is 0. The number of fused-ring (bicyclic) bond motifs is 1. The lowest BCUT2D eigenvalue weighted by Crippen LogP contribution is -2.43. The summed E-state index contributed by atoms with van der Waals surface area (Å²) in [4.78, 5) is 0. The van der Waals surface area contributed by atoms with E-state index in [2.05, 4.69) is 4.72 Å². The molecule has 0 aromatic heterocycles. The Morgan fingerprint density at radius 1 is 1.00 bits per heavy atom. The van der Waals surface area contributed by atoms with E-state index in [4.69, 9.17) is 9.47 Å². The highest BCUT2D eigenvalue weighted by atomic mass is 32.2. The molecule has 1 saturated heterocycles. The molecule has 2 heterocycles. The average molecular weight is 366 g/mol. The van der Waals surface area contributed by atoms with Gasteiger partial charge in [0.1, 0.15) is 13.2 Å². The van der Waals surface area contributed by atoms with E-state index in [1.54, 1.807) is 4.31 Å². The third kappa shape index (κ3) is 3.93. The van der Waals surface area contributed by atoms with E-state index in [1.807, 2.05) is 18.2 Å². The molecule has 138 valence electrons. The third-order valence-electron chi connectivity index (χ3n) is 5.20. The second-order valence-electron chi connectivity index (χ2n) is 7.15. The van der Waals surface area contributed by atoms with Gasteiger partial charge in [-0.25, -0.2) is 0 Å². The molecule has 1 N–H and O–H groups in total. The lowest BCUT2D eigenvalue weighted by atomic mass is 10.0. The van der Waals surface area contributed by atoms with Crippen LogP contribution in [0.2, 0.25) is 0 Å². The molecule has 1 atom stereocenters. The number of hydrogen-bond donors (Lipinski definition) is 1. The molecule has 0 spiro atoms. The Morgan fingerprint density at radius 3 is 2.36 bits per heavy atom. The molecule has 0 bridgehead atoms. The first-order chi connectivity index (χ1) is 12.1. The first-order valence-electron chi connectivity index (χ1n) is 9.30. The second kappa shape index (κ2) is 7.13. The van der Waals surface area contributed by atoms with E-state index in [0.29, 0.717) is 38.0 Å². The number of benzene rings is 1. The van der Waals surface area contributed by atoms with Gasteiger partial charge in [-0.1, -0.05) is 18.9 Å². The van der Waals surface area contributed by atoms with Gasteiger partial charge in [0.2, 0.25) is 0 Å². The lowest BCUT2D eigenvalue weighted by Gasteiger charge is -2.26. The van der Waals surface area contributed by atoms with Crippen LogP contribution in [-0.4, -0.2) is 39.0 Å². The van der Waals surface area contributed by atoms with Crippen molar-refractivity contribution in [2.75, 3.05) is 26.3 Å². The van der Waals surface area contributed by atoms with Gasteiger partial charge < -0.3 is 9.47 Å². The predicted octanol–water partition coefficient (Wildman–Crippen LogP) is 2.62. The highest BCUT2D eigenvalue weighted by Crippen LogP contribution is 2.43. The summed E-state index contributed by atoms with van der Waals surface area (Å²) < 4.78 is 41.6. The van der Waals surface area contributed by atoms with Gasteiger partial charge in [-0.2, -0.15) is 17.4 Å². The molecular weight excluding hydrogens is 340 g/mol. The van der Waals surface area contributed by atoms with Crippen molar-refractivity contribution < 1.29 is 17.9 Å². The van der Waals surface area contributed by atoms with Gasteiger partial charge in [0.15, 0.2) is 11.5 Å². The van der Waals surface area contributed by atoms with Crippen LogP contribution in [0, 0.1) is 5.92 Å². The molecular formula is C18H26N2O4S. The number of nitrogens with zero attached hydrogens (tertiary/aromatic N) is 1. The Labute approximate surface area is 149 Å². The standard InChI is InChI=1S/C18H26N2O4S/c21-25(22,20-9-3-1-2-4-10-20)19-18(14-5-6-14)15-7-8-16-17(13-15)24-12-11-23-16/h7-8,13-14,18-19H,1-6,9-12H2/t18-/m1/s1. The zero-order chi connectivity index (χ0) is 17.3. The minimum atomic E-state index is -3.47. The van der Waals surface area contributed by atoms with Crippen molar-refractivity contribution in [3.05, 3.63) is 23.8 Å². The summed E-state index contributed by atoms with van der Waals surface area (Å²) in [5.74, 6) is 1.81. The molecule has 1 aromatic rings. The Bertz CT molecular complexity index is 710. The summed E-state index contributed by atoms with van der Waals surface area (Å²) in [7, 11) is -3.47. The van der Waals surface area contributed by atoms with Gasteiger partial charge in [-0.3, -0.25) is 0 Å². The second-order valence-corrected chi connectivity index (χ2v) is 8.86. The van der Waals surface area contributed by atoms with Crippen molar-refractivity contribution >= 4 is 10.2 Å². The van der Waals surface area contributed by atoms with Crippen molar-refractivity contribution in [2.45, 2.75) is 44.6 Å². The normalized spacial score (nSPS) is 23.0. The molecule has 0 amide bonds. The maximum Gasteiger partial charge on any atom is 0.280 e. The Kier molecular flexibility index (Phi) is 4.88. The monoisotopic (exact) mass is 366 g/mol. The Hall–Kier alpha value is -1.31. The molecule has 0 unspecified atom stereocenters. The molecule has 1 saturated carbocycles. The Balaban J connectivity index is 1.55. The van der Waals surface area contributed by atoms with Crippen LogP contribution in [0.4, 0.5) is 0 Å². The van der Waals surface area contributed by atoms with Crippen LogP contribution in [0.25, 0.3) is 0 Å². The van der Waals surface area contributed by atoms with E-state index >= 15 is 0 Å². The van der Waals surface area contributed by atoms with Crippen molar-refractivity contribution in [1.29, 1.82) is 0 Å². The molecule has 2 fully saturated rings. The van der Waals surface area contributed by atoms with Gasteiger partial charge in [-0.15, -0.1) is 0 Å². The van der Waals surface area contributed by atoms with Crippen molar-refractivity contribution in [1.82, 2.24) is 9.03 Å². The average Bonchev–Trinajstić information content (AvgIpc) is 3.45. The molecule has 7 heteroatoms. The van der Waals surface area contributed by atoms with Gasteiger partial charge in [-0.05, 0) is 49.3 Å². The fourth-order valence-electron chi connectivity index (χ4n) is 3.64. The van der Waals surface area contributed by atoms with Gasteiger partial charge in [0.25, 0.3) is 10.2 Å². The summed E-state index contributed by atoms with van der Waals surface area (Å²) in [5.41, 5.74) is 0.963. The first-order valence-corrected chi connectivity index (χ1v) is 10.7. The lowest BCUT2D eigenvalue weighted by molar-refractivity contribution is 0.171.